The van der Waals surface area contributed by atoms with Gasteiger partial charge in [-0.3, -0.25) is 4.57 Å². The number of carbonyl (C=O) groups is 1. The maximum absolute atomic E-state index is 15.1. The zero-order valence-electron chi connectivity index (χ0n) is 21.6. The van der Waals surface area contributed by atoms with E-state index in [1.807, 2.05) is 33.8 Å². The van der Waals surface area contributed by atoms with Crippen molar-refractivity contribution < 1.29 is 13.9 Å². The number of hydrogen-bond donors (Lipinski definition) is 0. The number of rotatable bonds is 3. The van der Waals surface area contributed by atoms with E-state index in [1.54, 1.807) is 33.9 Å². The second-order valence-electron chi connectivity index (χ2n) is 10.1. The van der Waals surface area contributed by atoms with Crippen molar-refractivity contribution in [3.05, 3.63) is 60.6 Å². The summed E-state index contributed by atoms with van der Waals surface area (Å²) in [5.41, 5.74) is 1.04. The summed E-state index contributed by atoms with van der Waals surface area (Å²) in [6, 6.07) is 9.92. The highest BCUT2D eigenvalue weighted by Crippen LogP contribution is 2.38. The first-order valence-electron chi connectivity index (χ1n) is 12.3. The monoisotopic (exact) mass is 514 g/mol. The molecule has 0 saturated carbocycles. The fraction of sp³-hybridized carbons (Fsp3) is 0.333. The van der Waals surface area contributed by atoms with Crippen LogP contribution >= 0.6 is 0 Å². The summed E-state index contributed by atoms with van der Waals surface area (Å²) in [7, 11) is 0. The van der Waals surface area contributed by atoms with E-state index in [2.05, 4.69) is 24.8 Å². The third kappa shape index (κ3) is 4.72. The van der Waals surface area contributed by atoms with E-state index >= 15 is 4.39 Å². The van der Waals surface area contributed by atoms with Crippen LogP contribution in [0.3, 0.4) is 0 Å². The molecule has 0 radical (unpaired) electrons. The Morgan fingerprint density at radius 3 is 2.63 bits per heavy atom. The van der Waals surface area contributed by atoms with Crippen molar-refractivity contribution in [3.8, 4) is 23.1 Å². The molecule has 4 heterocycles. The minimum atomic E-state index is -0.585. The van der Waals surface area contributed by atoms with Crippen LogP contribution in [0.1, 0.15) is 33.4 Å². The number of ether oxygens (including phenoxy) is 1. The van der Waals surface area contributed by atoms with Gasteiger partial charge in [0.2, 0.25) is 5.95 Å². The molecule has 194 valence electrons. The number of benzene rings is 1. The van der Waals surface area contributed by atoms with Crippen LogP contribution in [0.2, 0.25) is 0 Å². The van der Waals surface area contributed by atoms with Crippen LogP contribution in [-0.4, -0.2) is 66.8 Å². The third-order valence-corrected chi connectivity index (χ3v) is 6.25. The molecule has 0 aliphatic carbocycles. The quantitative estimate of drug-likeness (QED) is 0.397. The lowest BCUT2D eigenvalue weighted by atomic mass is 10.0. The molecular formula is C27H27FN8O2. The predicted molar refractivity (Wildman–Crippen MR) is 139 cm³/mol. The van der Waals surface area contributed by atoms with E-state index in [9.17, 15) is 10.1 Å². The number of halogens is 1. The Hall–Kier alpha value is -4.59. The number of carbonyl (C=O) groups excluding carboxylic acids is 1. The van der Waals surface area contributed by atoms with Crippen LogP contribution in [0, 0.1) is 17.1 Å². The fourth-order valence-corrected chi connectivity index (χ4v) is 4.59. The number of aromatic nitrogens is 5. The van der Waals surface area contributed by atoms with Crippen molar-refractivity contribution >= 4 is 22.9 Å². The normalized spacial score (nSPS) is 15.9. The molecule has 1 aliphatic heterocycles. The number of amides is 1. The van der Waals surface area contributed by atoms with Crippen LogP contribution < -0.4 is 4.90 Å². The summed E-state index contributed by atoms with van der Waals surface area (Å²) in [6.45, 7) is 8.89. The lowest BCUT2D eigenvalue weighted by Gasteiger charge is -2.41. The second-order valence-corrected chi connectivity index (χ2v) is 10.1. The summed E-state index contributed by atoms with van der Waals surface area (Å²) < 4.78 is 22.3. The van der Waals surface area contributed by atoms with Crippen molar-refractivity contribution in [2.45, 2.75) is 39.3 Å². The first-order valence-corrected chi connectivity index (χ1v) is 12.3. The van der Waals surface area contributed by atoms with E-state index in [0.717, 1.165) is 0 Å². The molecular weight excluding hydrogens is 487 g/mol. The van der Waals surface area contributed by atoms with Gasteiger partial charge in [0.25, 0.3) is 0 Å². The largest absolute Gasteiger partial charge is 0.444 e. The fourth-order valence-electron chi connectivity index (χ4n) is 4.59. The third-order valence-electron chi connectivity index (χ3n) is 6.25. The van der Waals surface area contributed by atoms with E-state index in [-0.39, 0.29) is 23.8 Å². The van der Waals surface area contributed by atoms with Crippen LogP contribution in [0.4, 0.5) is 15.0 Å². The second kappa shape index (κ2) is 9.70. The molecule has 1 fully saturated rings. The average molecular weight is 515 g/mol. The van der Waals surface area contributed by atoms with Crippen molar-refractivity contribution in [2.75, 3.05) is 24.5 Å². The first kappa shape index (κ1) is 25.1. The van der Waals surface area contributed by atoms with Gasteiger partial charge in [-0.25, -0.2) is 29.1 Å². The van der Waals surface area contributed by atoms with Crippen molar-refractivity contribution in [3.63, 3.8) is 0 Å². The Morgan fingerprint density at radius 2 is 1.92 bits per heavy atom. The molecule has 1 aromatic carbocycles. The SMILES string of the molecule is C[C@H]1CN(C(=O)OC(C)(C)C)CCN1c1ncnc2c1c(-c1ccccc1F)cn2-c1nccc(C#N)n1. The number of hydrogen-bond acceptors (Lipinski definition) is 8. The molecule has 3 aromatic heterocycles. The van der Waals surface area contributed by atoms with Crippen molar-refractivity contribution in [1.82, 2.24) is 29.4 Å². The molecule has 10 nitrogen and oxygen atoms in total. The van der Waals surface area contributed by atoms with Crippen LogP contribution in [0.15, 0.2) is 49.1 Å². The van der Waals surface area contributed by atoms with Gasteiger partial charge in [-0.05, 0) is 39.8 Å². The van der Waals surface area contributed by atoms with E-state index in [0.29, 0.717) is 47.6 Å². The highest BCUT2D eigenvalue weighted by atomic mass is 19.1. The van der Waals surface area contributed by atoms with Gasteiger partial charge in [0, 0.05) is 49.2 Å². The lowest BCUT2D eigenvalue weighted by Crippen LogP contribution is -2.54. The lowest BCUT2D eigenvalue weighted by molar-refractivity contribution is 0.0218. The Labute approximate surface area is 219 Å². The van der Waals surface area contributed by atoms with Crippen LogP contribution in [0.25, 0.3) is 28.1 Å². The molecule has 1 amide bonds. The van der Waals surface area contributed by atoms with Gasteiger partial charge in [-0.15, -0.1) is 0 Å². The number of nitrogens with zero attached hydrogens (tertiary/aromatic N) is 8. The minimum absolute atomic E-state index is 0.107. The van der Waals surface area contributed by atoms with Crippen molar-refractivity contribution in [2.24, 2.45) is 0 Å². The Balaban J connectivity index is 1.62. The molecule has 1 atom stereocenters. The first-order chi connectivity index (χ1) is 18.2. The predicted octanol–water partition coefficient (Wildman–Crippen LogP) is 4.33. The van der Waals surface area contributed by atoms with Gasteiger partial charge in [-0.1, -0.05) is 18.2 Å². The summed E-state index contributed by atoms with van der Waals surface area (Å²) in [5, 5.41) is 9.97. The van der Waals surface area contributed by atoms with Gasteiger partial charge >= 0.3 is 6.09 Å². The number of fused-ring (bicyclic) bond motifs is 1. The molecule has 11 heteroatoms. The van der Waals surface area contributed by atoms with Gasteiger partial charge in [0.15, 0.2) is 5.65 Å². The highest BCUT2D eigenvalue weighted by Gasteiger charge is 2.32. The molecule has 38 heavy (non-hydrogen) atoms. The standard InChI is InChI=1S/C27H27FN8O2/c1-17-14-34(26(37)38-27(2,3)4)11-12-35(17)23-22-20(19-7-5-6-8-21(19)28)15-36(24(22)32-16-31-23)25-30-10-9-18(13-29)33-25/h5-10,15-17H,11-12,14H2,1-4H3/t17-/m0/s1. The molecule has 5 rings (SSSR count). The molecule has 1 saturated heterocycles. The smallest absolute Gasteiger partial charge is 0.410 e. The molecule has 0 bridgehead atoms. The molecule has 0 N–H and O–H groups in total. The maximum atomic E-state index is 15.1. The Morgan fingerprint density at radius 1 is 1.13 bits per heavy atom. The summed E-state index contributed by atoms with van der Waals surface area (Å²) >= 11 is 0. The van der Waals surface area contributed by atoms with E-state index in [1.165, 1.54) is 24.7 Å². The summed E-state index contributed by atoms with van der Waals surface area (Å²) in [6.07, 6.45) is 4.31. The molecule has 0 spiro atoms. The number of piperazine rings is 1. The maximum Gasteiger partial charge on any atom is 0.410 e. The molecule has 4 aromatic rings. The van der Waals surface area contributed by atoms with Gasteiger partial charge in [-0.2, -0.15) is 5.26 Å². The Kier molecular flexibility index (Phi) is 6.40. The van der Waals surface area contributed by atoms with Crippen LogP contribution in [-0.2, 0) is 4.74 Å². The van der Waals surface area contributed by atoms with E-state index in [4.69, 9.17) is 4.74 Å². The van der Waals surface area contributed by atoms with Gasteiger partial charge < -0.3 is 14.5 Å². The van der Waals surface area contributed by atoms with Gasteiger partial charge in [0.1, 0.15) is 35.3 Å². The zero-order chi connectivity index (χ0) is 27.0. The number of anilines is 1. The van der Waals surface area contributed by atoms with Crippen LogP contribution in [0.5, 0.6) is 0 Å². The minimum Gasteiger partial charge on any atom is -0.444 e. The van der Waals surface area contributed by atoms with Gasteiger partial charge in [0.05, 0.1) is 5.39 Å². The molecule has 0 unspecified atom stereocenters. The zero-order valence-corrected chi connectivity index (χ0v) is 21.6. The summed E-state index contributed by atoms with van der Waals surface area (Å²) in [4.78, 5) is 34.2. The highest BCUT2D eigenvalue weighted by molar-refractivity contribution is 6.02. The van der Waals surface area contributed by atoms with E-state index < -0.39 is 11.4 Å². The Bertz CT molecular complexity index is 1550. The number of nitriles is 1. The summed E-state index contributed by atoms with van der Waals surface area (Å²) in [5.74, 6) is 0.458. The average Bonchev–Trinajstić information content (AvgIpc) is 3.28. The topological polar surface area (TPSA) is 113 Å². The molecule has 1 aliphatic rings. The van der Waals surface area contributed by atoms with Crippen molar-refractivity contribution in [1.29, 1.82) is 5.26 Å².